The first-order chi connectivity index (χ1) is 7.35. The maximum Gasteiger partial charge on any atom is 0.119 e. The third-order valence-corrected chi connectivity index (χ3v) is 2.42. The van der Waals surface area contributed by atoms with E-state index >= 15 is 0 Å². The van der Waals surface area contributed by atoms with Crippen LogP contribution in [0.15, 0.2) is 36.5 Å². The monoisotopic (exact) mass is 202 g/mol. The average molecular weight is 202 g/mol. The smallest absolute Gasteiger partial charge is 0.119 e. The Kier molecular flexibility index (Phi) is 2.74. The lowest BCUT2D eigenvalue weighted by molar-refractivity contribution is 0.414. The van der Waals surface area contributed by atoms with E-state index in [0.29, 0.717) is 6.54 Å². The predicted octanol–water partition coefficient (Wildman–Crippen LogP) is 2.15. The number of nitrogens with one attached hydrogen (secondary N) is 1. The highest BCUT2D eigenvalue weighted by molar-refractivity contribution is 5.65. The molecule has 0 radical (unpaired) electrons. The molecular formula is C12H14N2O. The van der Waals surface area contributed by atoms with E-state index in [9.17, 15) is 0 Å². The first kappa shape index (κ1) is 9.80. The number of ether oxygens (including phenoxy) is 1. The van der Waals surface area contributed by atoms with E-state index < -0.39 is 0 Å². The lowest BCUT2D eigenvalue weighted by Crippen LogP contribution is -1.99. The van der Waals surface area contributed by atoms with Gasteiger partial charge in [-0.1, -0.05) is 0 Å². The number of rotatable bonds is 3. The Morgan fingerprint density at radius 2 is 2.20 bits per heavy atom. The number of hydrogen-bond acceptors (Lipinski definition) is 2. The summed E-state index contributed by atoms with van der Waals surface area (Å²) in [7, 11) is 1.66. The molecule has 3 heteroatoms. The molecule has 1 heterocycles. The van der Waals surface area contributed by atoms with E-state index in [0.717, 1.165) is 22.6 Å². The van der Waals surface area contributed by atoms with Crippen molar-refractivity contribution in [2.24, 2.45) is 5.73 Å². The third kappa shape index (κ3) is 1.87. The zero-order chi connectivity index (χ0) is 10.7. The molecule has 0 saturated carbocycles. The summed E-state index contributed by atoms with van der Waals surface area (Å²) in [5, 5.41) is 0. The van der Waals surface area contributed by atoms with Gasteiger partial charge in [0.15, 0.2) is 0 Å². The summed E-state index contributed by atoms with van der Waals surface area (Å²) in [6.07, 6.45) is 1.90. The first-order valence-electron chi connectivity index (χ1n) is 4.86. The Morgan fingerprint density at radius 3 is 2.80 bits per heavy atom. The topological polar surface area (TPSA) is 51.0 Å². The molecule has 78 valence electrons. The molecule has 0 aliphatic rings. The van der Waals surface area contributed by atoms with Crippen LogP contribution in [-0.4, -0.2) is 12.1 Å². The quantitative estimate of drug-likeness (QED) is 0.801. The predicted molar refractivity (Wildman–Crippen MR) is 60.7 cm³/mol. The number of aromatic amines is 1. The van der Waals surface area contributed by atoms with Gasteiger partial charge in [0.1, 0.15) is 5.75 Å². The second-order valence-corrected chi connectivity index (χ2v) is 3.31. The Hall–Kier alpha value is -1.74. The highest BCUT2D eigenvalue weighted by Crippen LogP contribution is 2.25. The molecule has 3 nitrogen and oxygen atoms in total. The normalized spacial score (nSPS) is 10.3. The van der Waals surface area contributed by atoms with E-state index in [-0.39, 0.29) is 0 Å². The lowest BCUT2D eigenvalue weighted by atomic mass is 10.0. The number of hydrogen-bond donors (Lipinski definition) is 2. The van der Waals surface area contributed by atoms with E-state index in [1.165, 1.54) is 0 Å². The molecule has 0 aliphatic carbocycles. The third-order valence-electron chi connectivity index (χ3n) is 2.42. The highest BCUT2D eigenvalue weighted by atomic mass is 16.5. The van der Waals surface area contributed by atoms with Crippen LogP contribution < -0.4 is 10.5 Å². The van der Waals surface area contributed by atoms with E-state index in [2.05, 4.69) is 4.98 Å². The van der Waals surface area contributed by atoms with Crippen molar-refractivity contribution in [1.82, 2.24) is 4.98 Å². The molecule has 0 amide bonds. The molecule has 0 fully saturated rings. The molecule has 2 aromatic rings. The number of H-pyrrole nitrogens is 1. The van der Waals surface area contributed by atoms with Crippen LogP contribution in [0.3, 0.4) is 0 Å². The number of benzene rings is 1. The molecule has 0 atom stereocenters. The van der Waals surface area contributed by atoms with Gasteiger partial charge in [0, 0.05) is 24.0 Å². The van der Waals surface area contributed by atoms with Gasteiger partial charge >= 0.3 is 0 Å². The Balaban J connectivity index is 2.48. The summed E-state index contributed by atoms with van der Waals surface area (Å²) >= 11 is 0. The summed E-state index contributed by atoms with van der Waals surface area (Å²) < 4.78 is 5.16. The number of aromatic nitrogens is 1. The van der Waals surface area contributed by atoms with Crippen molar-refractivity contribution in [3.05, 3.63) is 42.1 Å². The Bertz CT molecular complexity index is 435. The molecule has 3 N–H and O–H groups in total. The van der Waals surface area contributed by atoms with Crippen LogP contribution in [0.5, 0.6) is 5.75 Å². The molecule has 1 aromatic carbocycles. The van der Waals surface area contributed by atoms with Crippen molar-refractivity contribution in [2.45, 2.75) is 6.54 Å². The molecule has 0 spiro atoms. The van der Waals surface area contributed by atoms with Gasteiger partial charge < -0.3 is 15.5 Å². The molecule has 0 saturated heterocycles. The fraction of sp³-hybridized carbons (Fsp3) is 0.167. The van der Waals surface area contributed by atoms with Crippen LogP contribution in [-0.2, 0) is 6.54 Å². The van der Waals surface area contributed by atoms with Gasteiger partial charge in [-0.15, -0.1) is 0 Å². The van der Waals surface area contributed by atoms with Crippen molar-refractivity contribution in [1.29, 1.82) is 0 Å². The van der Waals surface area contributed by atoms with Gasteiger partial charge in [-0.05, 0) is 35.9 Å². The summed E-state index contributed by atoms with van der Waals surface area (Å²) in [5.41, 5.74) is 9.00. The molecule has 15 heavy (non-hydrogen) atoms. The van der Waals surface area contributed by atoms with E-state index in [1.807, 2.05) is 36.5 Å². The Morgan fingerprint density at radius 1 is 1.33 bits per heavy atom. The van der Waals surface area contributed by atoms with Gasteiger partial charge in [0.2, 0.25) is 0 Å². The van der Waals surface area contributed by atoms with E-state index in [1.54, 1.807) is 7.11 Å². The summed E-state index contributed by atoms with van der Waals surface area (Å²) in [6.45, 7) is 0.506. The first-order valence-corrected chi connectivity index (χ1v) is 4.86. The van der Waals surface area contributed by atoms with Gasteiger partial charge in [0.05, 0.1) is 7.11 Å². The second kappa shape index (κ2) is 4.19. The van der Waals surface area contributed by atoms with Crippen LogP contribution >= 0.6 is 0 Å². The van der Waals surface area contributed by atoms with Crippen molar-refractivity contribution < 1.29 is 4.74 Å². The minimum Gasteiger partial charge on any atom is -0.497 e. The van der Waals surface area contributed by atoms with Crippen molar-refractivity contribution in [3.63, 3.8) is 0 Å². The van der Waals surface area contributed by atoms with Crippen molar-refractivity contribution in [2.75, 3.05) is 7.11 Å². The zero-order valence-electron chi connectivity index (χ0n) is 8.66. The number of nitrogens with two attached hydrogens (primary N) is 1. The van der Waals surface area contributed by atoms with Gasteiger partial charge in [0.25, 0.3) is 0 Å². The second-order valence-electron chi connectivity index (χ2n) is 3.31. The fourth-order valence-corrected chi connectivity index (χ4v) is 1.63. The van der Waals surface area contributed by atoms with Crippen LogP contribution in [0.25, 0.3) is 11.3 Å². The van der Waals surface area contributed by atoms with Crippen LogP contribution in [0.2, 0.25) is 0 Å². The summed E-state index contributed by atoms with van der Waals surface area (Å²) in [6, 6.07) is 9.93. The maximum absolute atomic E-state index is 5.71. The molecular weight excluding hydrogens is 188 g/mol. The zero-order valence-corrected chi connectivity index (χ0v) is 8.66. The fourth-order valence-electron chi connectivity index (χ4n) is 1.63. The largest absolute Gasteiger partial charge is 0.497 e. The molecule has 1 aromatic heterocycles. The molecule has 0 bridgehead atoms. The van der Waals surface area contributed by atoms with Gasteiger partial charge in [-0.2, -0.15) is 0 Å². The van der Waals surface area contributed by atoms with Gasteiger partial charge in [-0.25, -0.2) is 0 Å². The van der Waals surface area contributed by atoms with Gasteiger partial charge in [-0.3, -0.25) is 0 Å². The van der Waals surface area contributed by atoms with Crippen LogP contribution in [0.1, 0.15) is 5.56 Å². The summed E-state index contributed by atoms with van der Waals surface area (Å²) in [4.78, 5) is 3.17. The van der Waals surface area contributed by atoms with Crippen LogP contribution in [0, 0.1) is 0 Å². The minimum absolute atomic E-state index is 0.506. The Labute approximate surface area is 88.9 Å². The summed E-state index contributed by atoms with van der Waals surface area (Å²) in [5.74, 6) is 0.839. The lowest BCUT2D eigenvalue weighted by Gasteiger charge is -2.08. The van der Waals surface area contributed by atoms with Crippen molar-refractivity contribution in [3.8, 4) is 17.0 Å². The van der Waals surface area contributed by atoms with E-state index in [4.69, 9.17) is 10.5 Å². The maximum atomic E-state index is 5.71. The van der Waals surface area contributed by atoms with Crippen LogP contribution in [0.4, 0.5) is 0 Å². The average Bonchev–Trinajstić information content (AvgIpc) is 2.81. The highest BCUT2D eigenvalue weighted by Gasteiger charge is 2.05. The number of methoxy groups -OCH3 is 1. The molecule has 2 rings (SSSR count). The molecule has 0 unspecified atom stereocenters. The van der Waals surface area contributed by atoms with Crippen molar-refractivity contribution >= 4 is 0 Å². The standard InChI is InChI=1S/C12H14N2O/c1-15-10-4-5-11(9(7-10)8-13)12-3-2-6-14-12/h2-7,14H,8,13H2,1H3. The molecule has 0 aliphatic heterocycles. The SMILES string of the molecule is COc1ccc(-c2ccc[nH]2)c(CN)c1. The minimum atomic E-state index is 0.506.